The maximum atomic E-state index is 12.6. The molecule has 0 aliphatic carbocycles. The van der Waals surface area contributed by atoms with Crippen LogP contribution in [-0.4, -0.2) is 25.5 Å². The summed E-state index contributed by atoms with van der Waals surface area (Å²) in [6.45, 7) is 0. The number of carbonyl (C=O) groups excluding carboxylic acids is 1. The fourth-order valence-corrected chi connectivity index (χ4v) is 2.87. The van der Waals surface area contributed by atoms with Crippen molar-refractivity contribution < 1.29 is 4.79 Å². The normalized spacial score (nSPS) is 11.0. The third-order valence-corrected chi connectivity index (χ3v) is 4.18. The lowest BCUT2D eigenvalue weighted by Gasteiger charge is -2.08. The second-order valence-corrected chi connectivity index (χ2v) is 5.75. The number of rotatable bonds is 2. The first kappa shape index (κ1) is 13.8. The Hall–Kier alpha value is -2.80. The van der Waals surface area contributed by atoms with Gasteiger partial charge in [-0.25, -0.2) is 9.50 Å². The zero-order valence-corrected chi connectivity index (χ0v) is 13.4. The number of anilines is 1. The van der Waals surface area contributed by atoms with E-state index in [1.165, 1.54) is 6.20 Å². The molecule has 0 bridgehead atoms. The molecule has 1 aromatic carbocycles. The highest BCUT2D eigenvalue weighted by atomic mass is 79.9. The van der Waals surface area contributed by atoms with E-state index in [9.17, 15) is 4.79 Å². The SMILES string of the molecule is O=C(Nc1ccc(Br)c2cccnc12)c1cnn2cccnc12. The Morgan fingerprint density at radius 1 is 1.13 bits per heavy atom. The molecule has 0 fully saturated rings. The van der Waals surface area contributed by atoms with Crippen LogP contribution in [0.2, 0.25) is 0 Å². The number of fused-ring (bicyclic) bond motifs is 2. The van der Waals surface area contributed by atoms with E-state index in [-0.39, 0.29) is 5.91 Å². The summed E-state index contributed by atoms with van der Waals surface area (Å²) in [7, 11) is 0. The number of halogens is 1. The van der Waals surface area contributed by atoms with Gasteiger partial charge in [-0.2, -0.15) is 5.10 Å². The van der Waals surface area contributed by atoms with Crippen molar-refractivity contribution in [3.8, 4) is 0 Å². The molecule has 23 heavy (non-hydrogen) atoms. The van der Waals surface area contributed by atoms with E-state index in [1.807, 2.05) is 24.3 Å². The second kappa shape index (κ2) is 5.44. The summed E-state index contributed by atoms with van der Waals surface area (Å²) >= 11 is 3.49. The van der Waals surface area contributed by atoms with Crippen molar-refractivity contribution in [3.05, 3.63) is 65.2 Å². The first-order chi connectivity index (χ1) is 11.2. The number of pyridine rings is 1. The zero-order valence-electron chi connectivity index (χ0n) is 11.8. The van der Waals surface area contributed by atoms with Crippen molar-refractivity contribution in [2.75, 3.05) is 5.32 Å². The Balaban J connectivity index is 1.76. The van der Waals surface area contributed by atoms with Gasteiger partial charge in [0.2, 0.25) is 0 Å². The topological polar surface area (TPSA) is 72.2 Å². The molecule has 0 atom stereocenters. The molecule has 0 spiro atoms. The van der Waals surface area contributed by atoms with Gasteiger partial charge in [0.05, 0.1) is 17.4 Å². The van der Waals surface area contributed by atoms with E-state index in [1.54, 1.807) is 29.2 Å². The molecule has 3 aromatic heterocycles. The summed E-state index contributed by atoms with van der Waals surface area (Å²) < 4.78 is 2.49. The van der Waals surface area contributed by atoms with Gasteiger partial charge in [0.1, 0.15) is 5.56 Å². The van der Waals surface area contributed by atoms with Gasteiger partial charge in [-0.3, -0.25) is 9.78 Å². The van der Waals surface area contributed by atoms with E-state index in [0.29, 0.717) is 16.9 Å². The summed E-state index contributed by atoms with van der Waals surface area (Å²) in [5.74, 6) is -0.270. The number of benzene rings is 1. The highest BCUT2D eigenvalue weighted by Crippen LogP contribution is 2.28. The summed E-state index contributed by atoms with van der Waals surface area (Å²) in [6, 6.07) is 9.26. The first-order valence-corrected chi connectivity index (χ1v) is 7.66. The smallest absolute Gasteiger partial charge is 0.261 e. The lowest BCUT2D eigenvalue weighted by atomic mass is 10.2. The Morgan fingerprint density at radius 2 is 2.00 bits per heavy atom. The Morgan fingerprint density at radius 3 is 2.91 bits per heavy atom. The molecule has 0 unspecified atom stereocenters. The molecule has 1 amide bonds. The van der Waals surface area contributed by atoms with Crippen LogP contribution < -0.4 is 5.32 Å². The molecule has 7 heteroatoms. The molecule has 0 saturated heterocycles. The van der Waals surface area contributed by atoms with Gasteiger partial charge < -0.3 is 5.32 Å². The average Bonchev–Trinajstić information content (AvgIpc) is 3.02. The van der Waals surface area contributed by atoms with Crippen LogP contribution in [-0.2, 0) is 0 Å². The van der Waals surface area contributed by atoms with E-state index >= 15 is 0 Å². The molecule has 0 aliphatic heterocycles. The molecule has 1 N–H and O–H groups in total. The van der Waals surface area contributed by atoms with E-state index in [4.69, 9.17) is 0 Å². The molecule has 0 aliphatic rings. The number of hydrogen-bond donors (Lipinski definition) is 1. The predicted octanol–water partition coefficient (Wildman–Crippen LogP) is 3.29. The summed E-state index contributed by atoms with van der Waals surface area (Å²) in [6.07, 6.45) is 6.58. The fourth-order valence-electron chi connectivity index (χ4n) is 2.42. The number of amides is 1. The van der Waals surface area contributed by atoms with Crippen LogP contribution in [0.4, 0.5) is 5.69 Å². The van der Waals surface area contributed by atoms with Gasteiger partial charge in [0.15, 0.2) is 5.65 Å². The van der Waals surface area contributed by atoms with Crippen molar-refractivity contribution in [1.29, 1.82) is 0 Å². The van der Waals surface area contributed by atoms with E-state index < -0.39 is 0 Å². The fraction of sp³-hybridized carbons (Fsp3) is 0. The van der Waals surface area contributed by atoms with Crippen LogP contribution in [0.25, 0.3) is 16.6 Å². The minimum Gasteiger partial charge on any atom is -0.320 e. The summed E-state index contributed by atoms with van der Waals surface area (Å²) in [5, 5.41) is 7.95. The molecule has 6 nitrogen and oxygen atoms in total. The predicted molar refractivity (Wildman–Crippen MR) is 90.4 cm³/mol. The van der Waals surface area contributed by atoms with Crippen molar-refractivity contribution >= 4 is 44.1 Å². The van der Waals surface area contributed by atoms with Gasteiger partial charge in [0.25, 0.3) is 5.91 Å². The molecule has 3 heterocycles. The van der Waals surface area contributed by atoms with Crippen molar-refractivity contribution in [1.82, 2.24) is 19.6 Å². The quantitative estimate of drug-likeness (QED) is 0.589. The van der Waals surface area contributed by atoms with E-state index in [0.717, 1.165) is 15.4 Å². The van der Waals surface area contributed by atoms with Gasteiger partial charge in [-0.05, 0) is 24.3 Å². The number of nitrogens with one attached hydrogen (secondary N) is 1. The zero-order chi connectivity index (χ0) is 15.8. The minimum atomic E-state index is -0.270. The number of nitrogens with zero attached hydrogens (tertiary/aromatic N) is 4. The molecular weight excluding hydrogens is 358 g/mol. The molecular formula is C16H10BrN5O. The average molecular weight is 368 g/mol. The third kappa shape index (κ3) is 2.35. The molecule has 4 aromatic rings. The van der Waals surface area contributed by atoms with Crippen molar-refractivity contribution in [2.24, 2.45) is 0 Å². The molecule has 0 radical (unpaired) electrons. The van der Waals surface area contributed by atoms with Gasteiger partial charge >= 0.3 is 0 Å². The minimum absolute atomic E-state index is 0.270. The first-order valence-electron chi connectivity index (χ1n) is 6.87. The Bertz CT molecular complexity index is 1040. The lowest BCUT2D eigenvalue weighted by molar-refractivity contribution is 0.102. The van der Waals surface area contributed by atoms with Crippen LogP contribution in [0.3, 0.4) is 0 Å². The highest BCUT2D eigenvalue weighted by molar-refractivity contribution is 9.10. The largest absolute Gasteiger partial charge is 0.320 e. The van der Waals surface area contributed by atoms with Gasteiger partial charge in [-0.15, -0.1) is 0 Å². The van der Waals surface area contributed by atoms with Gasteiger partial charge in [0, 0.05) is 28.4 Å². The molecule has 4 rings (SSSR count). The summed E-state index contributed by atoms with van der Waals surface area (Å²) in [4.78, 5) is 21.1. The summed E-state index contributed by atoms with van der Waals surface area (Å²) in [5.41, 5.74) is 2.29. The lowest BCUT2D eigenvalue weighted by Crippen LogP contribution is -2.12. The highest BCUT2D eigenvalue weighted by Gasteiger charge is 2.15. The molecule has 112 valence electrons. The van der Waals surface area contributed by atoms with E-state index in [2.05, 4.69) is 36.3 Å². The van der Waals surface area contributed by atoms with Crippen molar-refractivity contribution in [2.45, 2.75) is 0 Å². The standard InChI is InChI=1S/C16H10BrN5O/c17-12-4-5-13(14-10(12)3-1-6-18-14)21-16(23)11-9-20-22-8-2-7-19-15(11)22/h1-9H,(H,21,23). The molecule has 0 saturated carbocycles. The number of hydrogen-bond acceptors (Lipinski definition) is 4. The van der Waals surface area contributed by atoms with Crippen molar-refractivity contribution in [3.63, 3.8) is 0 Å². The maximum Gasteiger partial charge on any atom is 0.261 e. The van der Waals surface area contributed by atoms with Crippen LogP contribution >= 0.6 is 15.9 Å². The number of carbonyl (C=O) groups is 1. The Labute approximate surface area is 139 Å². The van der Waals surface area contributed by atoms with Crippen LogP contribution in [0.5, 0.6) is 0 Å². The second-order valence-electron chi connectivity index (χ2n) is 4.89. The Kier molecular flexibility index (Phi) is 3.27. The van der Waals surface area contributed by atoms with Crippen LogP contribution in [0.1, 0.15) is 10.4 Å². The van der Waals surface area contributed by atoms with Gasteiger partial charge in [-0.1, -0.05) is 22.0 Å². The maximum absolute atomic E-state index is 12.6. The third-order valence-electron chi connectivity index (χ3n) is 3.49. The van der Waals surface area contributed by atoms with Crippen LogP contribution in [0, 0.1) is 0 Å². The van der Waals surface area contributed by atoms with Crippen LogP contribution in [0.15, 0.2) is 59.6 Å². The monoisotopic (exact) mass is 367 g/mol. The number of aromatic nitrogens is 4.